The number of sulfonamides is 1. The topological polar surface area (TPSA) is 136 Å². The van der Waals surface area contributed by atoms with Gasteiger partial charge in [-0.25, -0.2) is 18.1 Å². The Balaban J connectivity index is 1.28. The zero-order valence-corrected chi connectivity index (χ0v) is 25.6. The minimum Gasteiger partial charge on any atom is -0.331 e. The average Bonchev–Trinajstić information content (AvgIpc) is 3.80. The number of thioether (sulfide) groups is 1. The third-order valence-electron chi connectivity index (χ3n) is 8.22. The SMILES string of the molecule is CNS(=O)(=O)c1cc(C2=C(C)CN=C(Nc3cccc(N4CCCNCC4=O)n3)S2)cc2c1C(=O)N([C@@H](C)C1CC1)C2. The number of aromatic nitrogens is 1. The number of nitrogens with zero attached hydrogens (tertiary/aromatic N) is 4. The molecule has 42 heavy (non-hydrogen) atoms. The molecular formula is C29H35N7O4S2. The molecular weight excluding hydrogens is 574 g/mol. The zero-order chi connectivity index (χ0) is 29.6. The summed E-state index contributed by atoms with van der Waals surface area (Å²) in [6.45, 7) is 6.51. The molecule has 4 aliphatic rings. The molecule has 0 unspecified atom stereocenters. The summed E-state index contributed by atoms with van der Waals surface area (Å²) in [5.41, 5.74) is 2.72. The van der Waals surface area contributed by atoms with Gasteiger partial charge in [-0.3, -0.25) is 19.5 Å². The summed E-state index contributed by atoms with van der Waals surface area (Å²) in [5.74, 6) is 1.37. The molecule has 1 aromatic carbocycles. The summed E-state index contributed by atoms with van der Waals surface area (Å²) in [6.07, 6.45) is 3.03. The van der Waals surface area contributed by atoms with Crippen molar-refractivity contribution >= 4 is 55.3 Å². The molecule has 0 radical (unpaired) electrons. The molecule has 1 aromatic heterocycles. The highest BCUT2D eigenvalue weighted by Crippen LogP contribution is 2.42. The first kappa shape index (κ1) is 28.8. The lowest BCUT2D eigenvalue weighted by atomic mass is 10.0. The number of rotatable bonds is 7. The fraction of sp³-hybridized carbons (Fsp3) is 0.448. The first-order valence-electron chi connectivity index (χ1n) is 14.3. The molecule has 3 aliphatic heterocycles. The van der Waals surface area contributed by atoms with Gasteiger partial charge in [0, 0.05) is 24.0 Å². The molecule has 11 nitrogen and oxygen atoms in total. The first-order chi connectivity index (χ1) is 20.2. The van der Waals surface area contributed by atoms with E-state index in [0.717, 1.165) is 47.4 Å². The molecule has 4 heterocycles. The van der Waals surface area contributed by atoms with E-state index in [2.05, 4.69) is 32.3 Å². The molecule has 1 saturated carbocycles. The summed E-state index contributed by atoms with van der Waals surface area (Å²) in [4.78, 5) is 39.8. The Bertz CT molecular complexity index is 1620. The van der Waals surface area contributed by atoms with Crippen molar-refractivity contribution in [1.29, 1.82) is 0 Å². The number of anilines is 2. The smallest absolute Gasteiger partial charge is 0.256 e. The van der Waals surface area contributed by atoms with Crippen molar-refractivity contribution in [3.8, 4) is 0 Å². The molecule has 1 saturated heterocycles. The number of amidine groups is 1. The van der Waals surface area contributed by atoms with Gasteiger partial charge in [0.2, 0.25) is 15.9 Å². The Morgan fingerprint density at radius 1 is 1.19 bits per heavy atom. The van der Waals surface area contributed by atoms with Crippen LogP contribution in [0.3, 0.4) is 0 Å². The largest absolute Gasteiger partial charge is 0.331 e. The minimum atomic E-state index is -3.90. The van der Waals surface area contributed by atoms with Crippen molar-refractivity contribution in [1.82, 2.24) is 19.9 Å². The molecule has 6 rings (SSSR count). The molecule has 222 valence electrons. The normalized spacial score (nSPS) is 20.4. The average molecular weight is 610 g/mol. The van der Waals surface area contributed by atoms with Crippen molar-refractivity contribution in [2.24, 2.45) is 10.9 Å². The molecule has 13 heteroatoms. The monoisotopic (exact) mass is 609 g/mol. The van der Waals surface area contributed by atoms with Crippen LogP contribution >= 0.6 is 11.8 Å². The molecule has 2 aromatic rings. The summed E-state index contributed by atoms with van der Waals surface area (Å²) in [5, 5.41) is 7.03. The maximum atomic E-state index is 13.5. The van der Waals surface area contributed by atoms with Crippen LogP contribution in [0.4, 0.5) is 11.6 Å². The molecule has 3 N–H and O–H groups in total. The van der Waals surface area contributed by atoms with Gasteiger partial charge >= 0.3 is 0 Å². The van der Waals surface area contributed by atoms with E-state index >= 15 is 0 Å². The van der Waals surface area contributed by atoms with E-state index in [4.69, 9.17) is 0 Å². The molecule has 1 aliphatic carbocycles. The highest BCUT2D eigenvalue weighted by atomic mass is 32.2. The third-order valence-corrected chi connectivity index (χ3v) is 10.9. The van der Waals surface area contributed by atoms with Crippen LogP contribution in [0, 0.1) is 5.92 Å². The number of carbonyl (C=O) groups is 2. The number of fused-ring (bicyclic) bond motifs is 1. The number of aliphatic imine (C=N–C) groups is 1. The fourth-order valence-electron chi connectivity index (χ4n) is 5.68. The van der Waals surface area contributed by atoms with E-state index in [0.29, 0.717) is 42.4 Å². The van der Waals surface area contributed by atoms with Crippen LogP contribution in [0.2, 0.25) is 0 Å². The van der Waals surface area contributed by atoms with Crippen LogP contribution in [0.5, 0.6) is 0 Å². The minimum absolute atomic E-state index is 0.0110. The van der Waals surface area contributed by atoms with Crippen LogP contribution in [-0.4, -0.2) is 74.6 Å². The number of hydrogen-bond donors (Lipinski definition) is 3. The van der Waals surface area contributed by atoms with Crippen LogP contribution in [-0.2, 0) is 21.4 Å². The van der Waals surface area contributed by atoms with E-state index in [1.54, 1.807) is 11.0 Å². The van der Waals surface area contributed by atoms with Crippen LogP contribution in [0.25, 0.3) is 4.91 Å². The summed E-state index contributed by atoms with van der Waals surface area (Å²) >= 11 is 1.40. The second kappa shape index (κ2) is 11.4. The van der Waals surface area contributed by atoms with Crippen molar-refractivity contribution in [3.05, 3.63) is 52.6 Å². The number of carbonyl (C=O) groups excluding carboxylic acids is 2. The predicted octanol–water partition coefficient (Wildman–Crippen LogP) is 3.02. The predicted molar refractivity (Wildman–Crippen MR) is 165 cm³/mol. The second-order valence-electron chi connectivity index (χ2n) is 11.1. The van der Waals surface area contributed by atoms with Gasteiger partial charge < -0.3 is 15.5 Å². The molecule has 0 bridgehead atoms. The van der Waals surface area contributed by atoms with E-state index in [9.17, 15) is 18.0 Å². The van der Waals surface area contributed by atoms with Gasteiger partial charge in [0.1, 0.15) is 11.6 Å². The number of benzene rings is 1. The Kier molecular flexibility index (Phi) is 7.85. The standard InChI is InChI=1S/C29H35N7O4S2/c1-17-14-32-29(34-23-6-4-7-24(33-23)35-11-5-10-31-15-25(35)37)41-27(17)20-12-21-16-36(18(2)19-8-9-19)28(38)26(21)22(13-20)42(39,40)30-3/h4,6-7,12-13,18-19,30-31H,5,8-11,14-16H2,1-3H3,(H,32,33,34)/t18-/m0/s1. The Morgan fingerprint density at radius 2 is 2.00 bits per heavy atom. The maximum absolute atomic E-state index is 13.5. The quantitative estimate of drug-likeness (QED) is 0.436. The van der Waals surface area contributed by atoms with Gasteiger partial charge in [0.15, 0.2) is 5.17 Å². The highest BCUT2D eigenvalue weighted by molar-refractivity contribution is 8.22. The Morgan fingerprint density at radius 3 is 2.76 bits per heavy atom. The third kappa shape index (κ3) is 5.58. The molecule has 0 spiro atoms. The van der Waals surface area contributed by atoms with Crippen LogP contribution in [0.1, 0.15) is 54.6 Å². The lowest BCUT2D eigenvalue weighted by Crippen LogP contribution is -2.35. The lowest BCUT2D eigenvalue weighted by molar-refractivity contribution is -0.117. The Hall–Kier alpha value is -3.26. The van der Waals surface area contributed by atoms with E-state index < -0.39 is 10.0 Å². The molecule has 2 amide bonds. The summed E-state index contributed by atoms with van der Waals surface area (Å²) in [6, 6.07) is 9.13. The zero-order valence-electron chi connectivity index (χ0n) is 23.9. The fourth-order valence-corrected chi connectivity index (χ4v) is 7.62. The van der Waals surface area contributed by atoms with Gasteiger partial charge in [0.05, 0.1) is 23.5 Å². The van der Waals surface area contributed by atoms with Gasteiger partial charge in [-0.2, -0.15) is 0 Å². The number of amides is 2. The molecule has 2 fully saturated rings. The van der Waals surface area contributed by atoms with Crippen LogP contribution in [0.15, 0.2) is 45.8 Å². The van der Waals surface area contributed by atoms with Gasteiger partial charge in [-0.05, 0) is 93.6 Å². The molecule has 1 atom stereocenters. The van der Waals surface area contributed by atoms with E-state index in [-0.39, 0.29) is 34.9 Å². The van der Waals surface area contributed by atoms with Crippen molar-refractivity contribution in [3.63, 3.8) is 0 Å². The highest BCUT2D eigenvalue weighted by Gasteiger charge is 2.41. The number of nitrogens with one attached hydrogen (secondary N) is 3. The van der Waals surface area contributed by atoms with Crippen molar-refractivity contribution < 1.29 is 18.0 Å². The Labute approximate surface area is 250 Å². The van der Waals surface area contributed by atoms with E-state index in [1.165, 1.54) is 18.8 Å². The second-order valence-corrected chi connectivity index (χ2v) is 14.0. The van der Waals surface area contributed by atoms with Crippen molar-refractivity contribution in [2.75, 3.05) is 43.4 Å². The van der Waals surface area contributed by atoms with Gasteiger partial charge in [-0.1, -0.05) is 17.8 Å². The van der Waals surface area contributed by atoms with Gasteiger partial charge in [-0.15, -0.1) is 0 Å². The summed E-state index contributed by atoms with van der Waals surface area (Å²) < 4.78 is 28.8. The van der Waals surface area contributed by atoms with E-state index in [1.807, 2.05) is 36.1 Å². The summed E-state index contributed by atoms with van der Waals surface area (Å²) in [7, 11) is -2.53. The van der Waals surface area contributed by atoms with Crippen LogP contribution < -0.4 is 20.3 Å². The van der Waals surface area contributed by atoms with Gasteiger partial charge in [0.25, 0.3) is 5.91 Å². The maximum Gasteiger partial charge on any atom is 0.256 e. The van der Waals surface area contributed by atoms with Crippen molar-refractivity contribution in [2.45, 2.75) is 50.6 Å². The first-order valence-corrected chi connectivity index (χ1v) is 16.5. The number of pyridine rings is 1. The number of hydrogen-bond acceptors (Lipinski definition) is 9. The lowest BCUT2D eigenvalue weighted by Gasteiger charge is -2.24.